The van der Waals surface area contributed by atoms with Crippen LogP contribution in [0.3, 0.4) is 0 Å². The first kappa shape index (κ1) is 17.2. The number of allylic oxidation sites excluding steroid dienone is 6. The van der Waals surface area contributed by atoms with Crippen molar-refractivity contribution in [3.05, 3.63) is 102 Å². The maximum absolute atomic E-state index is 11.4. The van der Waals surface area contributed by atoms with E-state index in [4.69, 9.17) is 0 Å². The standard InChI is InChI=1S/C12H8O2.C10H6O2/c13-10-6-7-12(14)11(8-10)9-4-2-1-3-5-9;11-9-5-6-10(12)8-4-2-1-3-7(8)9/h1-8H;1-6H. The molecule has 0 amide bonds. The van der Waals surface area contributed by atoms with Gasteiger partial charge in [0.15, 0.2) is 23.1 Å². The second-order valence-corrected chi connectivity index (χ2v) is 5.63. The zero-order valence-corrected chi connectivity index (χ0v) is 13.7. The van der Waals surface area contributed by atoms with Gasteiger partial charge in [0.2, 0.25) is 0 Å². The van der Waals surface area contributed by atoms with Gasteiger partial charge in [-0.3, -0.25) is 19.2 Å². The minimum absolute atomic E-state index is 0.0924. The van der Waals surface area contributed by atoms with Crippen LogP contribution in [0, 0.1) is 0 Å². The summed E-state index contributed by atoms with van der Waals surface area (Å²) in [6.07, 6.45) is 6.59. The van der Waals surface area contributed by atoms with Gasteiger partial charge in [-0.25, -0.2) is 0 Å². The first-order valence-corrected chi connectivity index (χ1v) is 7.95. The summed E-state index contributed by atoms with van der Waals surface area (Å²) in [6.45, 7) is 0. The molecule has 0 aromatic heterocycles. The molecule has 0 N–H and O–H groups in total. The van der Waals surface area contributed by atoms with E-state index in [2.05, 4.69) is 0 Å². The predicted octanol–water partition coefficient (Wildman–Crippen LogP) is 3.40. The van der Waals surface area contributed by atoms with Gasteiger partial charge in [-0.1, -0.05) is 54.6 Å². The Bertz CT molecular complexity index is 955. The minimum Gasteiger partial charge on any atom is -0.290 e. The fourth-order valence-electron chi connectivity index (χ4n) is 2.60. The maximum atomic E-state index is 11.4. The Kier molecular flexibility index (Phi) is 4.94. The summed E-state index contributed by atoms with van der Waals surface area (Å²) < 4.78 is 0. The zero-order chi connectivity index (χ0) is 18.5. The van der Waals surface area contributed by atoms with Crippen molar-refractivity contribution < 1.29 is 19.2 Å². The van der Waals surface area contributed by atoms with Crippen LogP contribution in [0.15, 0.2) is 85.0 Å². The number of carbonyl (C=O) groups excluding carboxylic acids is 4. The molecule has 0 unspecified atom stereocenters. The lowest BCUT2D eigenvalue weighted by Crippen LogP contribution is -2.10. The Balaban J connectivity index is 0.000000152. The van der Waals surface area contributed by atoms with Crippen molar-refractivity contribution in [2.45, 2.75) is 0 Å². The van der Waals surface area contributed by atoms with Gasteiger partial charge in [0, 0.05) is 16.7 Å². The molecule has 26 heavy (non-hydrogen) atoms. The quantitative estimate of drug-likeness (QED) is 0.745. The average Bonchev–Trinajstić information content (AvgIpc) is 2.68. The van der Waals surface area contributed by atoms with Gasteiger partial charge in [0.05, 0.1) is 0 Å². The molecular formula is C22H14O4. The van der Waals surface area contributed by atoms with Crippen molar-refractivity contribution in [1.82, 2.24) is 0 Å². The van der Waals surface area contributed by atoms with Gasteiger partial charge in [0.1, 0.15) is 0 Å². The zero-order valence-electron chi connectivity index (χ0n) is 13.7. The highest BCUT2D eigenvalue weighted by molar-refractivity contribution is 6.33. The molecule has 0 bridgehead atoms. The number of carbonyl (C=O) groups is 4. The third kappa shape index (κ3) is 3.70. The van der Waals surface area contributed by atoms with Crippen LogP contribution in [0.2, 0.25) is 0 Å². The van der Waals surface area contributed by atoms with Gasteiger partial charge in [-0.15, -0.1) is 0 Å². The first-order valence-electron chi connectivity index (χ1n) is 7.95. The molecule has 0 heterocycles. The van der Waals surface area contributed by atoms with Crippen LogP contribution < -0.4 is 0 Å². The predicted molar refractivity (Wildman–Crippen MR) is 97.8 cm³/mol. The van der Waals surface area contributed by atoms with Crippen LogP contribution in [0.25, 0.3) is 5.57 Å². The van der Waals surface area contributed by atoms with Crippen molar-refractivity contribution in [2.75, 3.05) is 0 Å². The van der Waals surface area contributed by atoms with E-state index in [0.29, 0.717) is 16.7 Å². The minimum atomic E-state index is -0.136. The molecule has 0 fully saturated rings. The van der Waals surface area contributed by atoms with E-state index in [1.54, 1.807) is 24.3 Å². The van der Waals surface area contributed by atoms with Gasteiger partial charge >= 0.3 is 0 Å². The molecule has 2 aliphatic rings. The molecule has 2 aromatic carbocycles. The van der Waals surface area contributed by atoms with E-state index < -0.39 is 0 Å². The Morgan fingerprint density at radius 3 is 1.58 bits per heavy atom. The van der Waals surface area contributed by atoms with Crippen molar-refractivity contribution in [3.8, 4) is 0 Å². The van der Waals surface area contributed by atoms with E-state index in [1.165, 1.54) is 30.4 Å². The monoisotopic (exact) mass is 342 g/mol. The highest BCUT2D eigenvalue weighted by atomic mass is 16.1. The van der Waals surface area contributed by atoms with Crippen LogP contribution in [0.4, 0.5) is 0 Å². The third-order valence-corrected chi connectivity index (χ3v) is 3.88. The number of fused-ring (bicyclic) bond motifs is 1. The fourth-order valence-corrected chi connectivity index (χ4v) is 2.60. The van der Waals surface area contributed by atoms with Crippen LogP contribution in [0.1, 0.15) is 26.3 Å². The smallest absolute Gasteiger partial charge is 0.186 e. The molecule has 2 aliphatic carbocycles. The molecule has 4 heteroatoms. The van der Waals surface area contributed by atoms with E-state index in [0.717, 1.165) is 5.56 Å². The Morgan fingerprint density at radius 1 is 0.500 bits per heavy atom. The first-order chi connectivity index (χ1) is 12.6. The summed E-state index contributed by atoms with van der Waals surface area (Å²) in [5.41, 5.74) is 2.27. The number of hydrogen-bond acceptors (Lipinski definition) is 4. The molecule has 0 aliphatic heterocycles. The summed E-state index contributed by atoms with van der Waals surface area (Å²) in [6, 6.07) is 16.0. The number of hydrogen-bond donors (Lipinski definition) is 0. The molecule has 4 rings (SSSR count). The molecule has 0 saturated carbocycles. The molecule has 0 spiro atoms. The average molecular weight is 342 g/mol. The van der Waals surface area contributed by atoms with Crippen molar-refractivity contribution in [1.29, 1.82) is 0 Å². The molecule has 126 valence electrons. The summed E-state index contributed by atoms with van der Waals surface area (Å²) >= 11 is 0. The normalized spacial score (nSPS) is 15.2. The molecule has 4 nitrogen and oxygen atoms in total. The highest BCUT2D eigenvalue weighted by Crippen LogP contribution is 2.18. The Hall–Kier alpha value is -3.66. The second kappa shape index (κ2) is 7.49. The Labute approximate surface area is 150 Å². The molecule has 0 radical (unpaired) electrons. The van der Waals surface area contributed by atoms with Crippen LogP contribution in [0.5, 0.6) is 0 Å². The molecule has 0 atom stereocenters. The lowest BCUT2D eigenvalue weighted by molar-refractivity contribution is -0.113. The van der Waals surface area contributed by atoms with E-state index in [-0.39, 0.29) is 23.1 Å². The van der Waals surface area contributed by atoms with Crippen molar-refractivity contribution in [3.63, 3.8) is 0 Å². The lowest BCUT2D eigenvalue weighted by Gasteiger charge is -2.06. The Morgan fingerprint density at radius 2 is 1.00 bits per heavy atom. The van der Waals surface area contributed by atoms with Gasteiger partial charge in [-0.05, 0) is 35.9 Å². The molecule has 0 saturated heterocycles. The van der Waals surface area contributed by atoms with Crippen molar-refractivity contribution >= 4 is 28.7 Å². The van der Waals surface area contributed by atoms with Gasteiger partial charge in [0.25, 0.3) is 0 Å². The van der Waals surface area contributed by atoms with E-state index in [1.807, 2.05) is 30.3 Å². The van der Waals surface area contributed by atoms with Crippen LogP contribution in [-0.4, -0.2) is 23.1 Å². The summed E-state index contributed by atoms with van der Waals surface area (Å²) in [7, 11) is 0. The number of rotatable bonds is 1. The molecular weight excluding hydrogens is 328 g/mol. The van der Waals surface area contributed by atoms with E-state index in [9.17, 15) is 19.2 Å². The largest absolute Gasteiger partial charge is 0.290 e. The summed E-state index contributed by atoms with van der Waals surface area (Å²) in [5, 5.41) is 0. The number of benzene rings is 2. The van der Waals surface area contributed by atoms with Gasteiger partial charge < -0.3 is 0 Å². The fraction of sp³-hybridized carbons (Fsp3) is 0. The maximum Gasteiger partial charge on any atom is 0.186 e. The van der Waals surface area contributed by atoms with Crippen molar-refractivity contribution in [2.24, 2.45) is 0 Å². The van der Waals surface area contributed by atoms with Crippen LogP contribution in [-0.2, 0) is 9.59 Å². The SMILES string of the molecule is O=C1C=CC(=O)C(c2ccccc2)=C1.O=C1C=CC(=O)c2ccccc21. The van der Waals surface area contributed by atoms with E-state index >= 15 is 0 Å². The topological polar surface area (TPSA) is 68.3 Å². The second-order valence-electron chi connectivity index (χ2n) is 5.63. The third-order valence-electron chi connectivity index (χ3n) is 3.88. The van der Waals surface area contributed by atoms with Crippen LogP contribution >= 0.6 is 0 Å². The van der Waals surface area contributed by atoms with Gasteiger partial charge in [-0.2, -0.15) is 0 Å². The lowest BCUT2D eigenvalue weighted by atomic mass is 9.95. The highest BCUT2D eigenvalue weighted by Gasteiger charge is 2.17. The molecule has 2 aromatic rings. The summed E-state index contributed by atoms with van der Waals surface area (Å²) in [4.78, 5) is 44.9. The number of ketones is 4. The summed E-state index contributed by atoms with van der Waals surface area (Å²) in [5.74, 6) is -0.436.